The van der Waals surface area contributed by atoms with Crippen LogP contribution in [0.2, 0.25) is 0 Å². The van der Waals surface area contributed by atoms with Gasteiger partial charge in [-0.15, -0.1) is 0 Å². The van der Waals surface area contributed by atoms with Crippen molar-refractivity contribution >= 4 is 11.9 Å². The molecule has 5 heteroatoms. The molecule has 0 saturated heterocycles. The lowest BCUT2D eigenvalue weighted by atomic mass is 10.1. The topological polar surface area (TPSA) is 61.8 Å². The summed E-state index contributed by atoms with van der Waals surface area (Å²) in [7, 11) is 1.55. The van der Waals surface area contributed by atoms with Gasteiger partial charge < -0.3 is 14.2 Å². The summed E-state index contributed by atoms with van der Waals surface area (Å²) >= 11 is 0. The minimum absolute atomic E-state index is 0.222. The van der Waals surface area contributed by atoms with Crippen molar-refractivity contribution in [1.29, 1.82) is 0 Å². The van der Waals surface area contributed by atoms with Crippen LogP contribution in [0, 0.1) is 0 Å². The number of carbonyl (C=O) groups excluding carboxylic acids is 2. The van der Waals surface area contributed by atoms with Crippen LogP contribution in [-0.2, 0) is 23.8 Å². The van der Waals surface area contributed by atoms with Gasteiger partial charge in [-0.3, -0.25) is 9.59 Å². The molecule has 0 aromatic rings. The molecule has 5 nitrogen and oxygen atoms in total. The summed E-state index contributed by atoms with van der Waals surface area (Å²) in [5.41, 5.74) is 0. The van der Waals surface area contributed by atoms with Crippen LogP contribution in [0.25, 0.3) is 0 Å². The largest absolute Gasteiger partial charge is 0.466 e. The summed E-state index contributed by atoms with van der Waals surface area (Å²) in [4.78, 5) is 22.9. The van der Waals surface area contributed by atoms with Crippen molar-refractivity contribution in [2.24, 2.45) is 0 Å². The third kappa shape index (κ3) is 19.1. The molecule has 0 aliphatic carbocycles. The molecule has 0 aromatic carbocycles. The quantitative estimate of drug-likeness (QED) is 0.260. The molecule has 0 fully saturated rings. The molecule has 0 saturated carbocycles. The summed E-state index contributed by atoms with van der Waals surface area (Å²) in [5.74, 6) is -0.514. The van der Waals surface area contributed by atoms with Crippen molar-refractivity contribution in [1.82, 2.24) is 0 Å². The van der Waals surface area contributed by atoms with Crippen molar-refractivity contribution in [3.63, 3.8) is 0 Å². The SMILES string of the molecule is CCCCCCCCCCCCOC(=O)CCCC(=O)OCCOC. The second kappa shape index (κ2) is 19.2. The van der Waals surface area contributed by atoms with Crippen LogP contribution in [0.3, 0.4) is 0 Å². The minimum Gasteiger partial charge on any atom is -0.466 e. The fraction of sp³-hybridized carbons (Fsp3) is 0.900. The first-order chi connectivity index (χ1) is 12.2. The van der Waals surface area contributed by atoms with E-state index in [4.69, 9.17) is 14.2 Å². The van der Waals surface area contributed by atoms with Gasteiger partial charge in [0.1, 0.15) is 6.61 Å². The van der Waals surface area contributed by atoms with Crippen LogP contribution in [0.1, 0.15) is 90.4 Å². The third-order valence-corrected chi connectivity index (χ3v) is 4.07. The van der Waals surface area contributed by atoms with Gasteiger partial charge >= 0.3 is 11.9 Å². The Morgan fingerprint density at radius 1 is 0.600 bits per heavy atom. The van der Waals surface area contributed by atoms with E-state index >= 15 is 0 Å². The van der Waals surface area contributed by atoms with Crippen molar-refractivity contribution in [3.05, 3.63) is 0 Å². The van der Waals surface area contributed by atoms with Gasteiger partial charge in [0.2, 0.25) is 0 Å². The number of rotatable bonds is 18. The van der Waals surface area contributed by atoms with Crippen LogP contribution in [0.5, 0.6) is 0 Å². The molecule has 0 aliphatic heterocycles. The maximum atomic E-state index is 11.6. The zero-order valence-electron chi connectivity index (χ0n) is 16.4. The lowest BCUT2D eigenvalue weighted by molar-refractivity contribution is -0.146. The molecule has 0 spiro atoms. The highest BCUT2D eigenvalue weighted by Crippen LogP contribution is 2.10. The van der Waals surface area contributed by atoms with E-state index in [-0.39, 0.29) is 31.4 Å². The lowest BCUT2D eigenvalue weighted by Gasteiger charge is -2.06. The van der Waals surface area contributed by atoms with E-state index in [2.05, 4.69) is 6.92 Å². The van der Waals surface area contributed by atoms with Gasteiger partial charge in [-0.2, -0.15) is 0 Å². The first kappa shape index (κ1) is 23.9. The molecule has 148 valence electrons. The number of carbonyl (C=O) groups is 2. The van der Waals surface area contributed by atoms with Crippen molar-refractivity contribution in [2.45, 2.75) is 90.4 Å². The van der Waals surface area contributed by atoms with Gasteiger partial charge in [-0.1, -0.05) is 64.7 Å². The lowest BCUT2D eigenvalue weighted by Crippen LogP contribution is -2.11. The molecule has 0 atom stereocenters. The zero-order valence-corrected chi connectivity index (χ0v) is 16.4. The molecule has 0 aliphatic rings. The maximum absolute atomic E-state index is 11.6. The molecular formula is C20H38O5. The highest BCUT2D eigenvalue weighted by atomic mass is 16.6. The summed E-state index contributed by atoms with van der Waals surface area (Å²) in [6, 6.07) is 0. The van der Waals surface area contributed by atoms with Gasteiger partial charge in [0, 0.05) is 20.0 Å². The Bertz CT molecular complexity index is 317. The van der Waals surface area contributed by atoms with Crippen LogP contribution < -0.4 is 0 Å². The van der Waals surface area contributed by atoms with Crippen molar-refractivity contribution < 1.29 is 23.8 Å². The van der Waals surface area contributed by atoms with Crippen molar-refractivity contribution in [2.75, 3.05) is 26.9 Å². The molecule has 0 aromatic heterocycles. The Morgan fingerprint density at radius 2 is 1.08 bits per heavy atom. The smallest absolute Gasteiger partial charge is 0.305 e. The van der Waals surface area contributed by atoms with Crippen LogP contribution in [0.15, 0.2) is 0 Å². The average Bonchev–Trinajstić information content (AvgIpc) is 2.60. The Kier molecular flexibility index (Phi) is 18.4. The molecule has 0 rings (SSSR count). The average molecular weight is 359 g/mol. The van der Waals surface area contributed by atoms with Gasteiger partial charge in [-0.05, 0) is 12.8 Å². The van der Waals surface area contributed by atoms with Crippen LogP contribution in [0.4, 0.5) is 0 Å². The predicted molar refractivity (Wildman–Crippen MR) is 99.5 cm³/mol. The molecular weight excluding hydrogens is 320 g/mol. The number of hydrogen-bond acceptors (Lipinski definition) is 5. The normalized spacial score (nSPS) is 10.6. The summed E-state index contributed by atoms with van der Waals surface area (Å²) in [6.45, 7) is 3.39. The van der Waals surface area contributed by atoms with E-state index in [1.54, 1.807) is 7.11 Å². The third-order valence-electron chi connectivity index (χ3n) is 4.07. The zero-order chi connectivity index (χ0) is 18.6. The van der Waals surface area contributed by atoms with E-state index < -0.39 is 0 Å². The van der Waals surface area contributed by atoms with Crippen LogP contribution >= 0.6 is 0 Å². The Hall–Kier alpha value is -1.10. The monoisotopic (exact) mass is 358 g/mol. The van der Waals surface area contributed by atoms with Crippen molar-refractivity contribution in [3.8, 4) is 0 Å². The Labute approximate surface area is 153 Å². The minimum atomic E-state index is -0.292. The number of esters is 2. The Morgan fingerprint density at radius 3 is 1.60 bits per heavy atom. The van der Waals surface area contributed by atoms with Gasteiger partial charge in [0.15, 0.2) is 0 Å². The fourth-order valence-electron chi connectivity index (χ4n) is 2.54. The molecule has 25 heavy (non-hydrogen) atoms. The van der Waals surface area contributed by atoms with E-state index in [0.29, 0.717) is 19.6 Å². The molecule has 0 unspecified atom stereocenters. The van der Waals surface area contributed by atoms with Gasteiger partial charge in [0.25, 0.3) is 0 Å². The van der Waals surface area contributed by atoms with Gasteiger partial charge in [0.05, 0.1) is 13.2 Å². The first-order valence-electron chi connectivity index (χ1n) is 10.0. The highest BCUT2D eigenvalue weighted by Gasteiger charge is 2.07. The van der Waals surface area contributed by atoms with E-state index in [0.717, 1.165) is 12.8 Å². The second-order valence-electron chi connectivity index (χ2n) is 6.47. The predicted octanol–water partition coefficient (Wildman–Crippen LogP) is 4.81. The van der Waals surface area contributed by atoms with Crippen LogP contribution in [-0.4, -0.2) is 38.9 Å². The molecule has 0 heterocycles. The molecule has 0 radical (unpaired) electrons. The van der Waals surface area contributed by atoms with E-state index in [1.165, 1.54) is 51.4 Å². The standard InChI is InChI=1S/C20H38O5/c1-3-4-5-6-7-8-9-10-11-12-16-24-19(21)14-13-15-20(22)25-18-17-23-2/h3-18H2,1-2H3. The fourth-order valence-corrected chi connectivity index (χ4v) is 2.54. The van der Waals surface area contributed by atoms with E-state index in [1.807, 2.05) is 0 Å². The number of unbranched alkanes of at least 4 members (excludes halogenated alkanes) is 9. The molecule has 0 bridgehead atoms. The summed E-state index contributed by atoms with van der Waals surface area (Å²) < 4.78 is 14.9. The Balaban J connectivity index is 3.26. The summed E-state index contributed by atoms with van der Waals surface area (Å²) in [6.07, 6.45) is 13.6. The number of ether oxygens (including phenoxy) is 3. The first-order valence-corrected chi connectivity index (χ1v) is 10.0. The highest BCUT2D eigenvalue weighted by molar-refractivity contribution is 5.72. The molecule has 0 N–H and O–H groups in total. The number of hydrogen-bond donors (Lipinski definition) is 0. The van der Waals surface area contributed by atoms with E-state index in [9.17, 15) is 9.59 Å². The molecule has 0 amide bonds. The summed E-state index contributed by atoms with van der Waals surface area (Å²) in [5, 5.41) is 0. The van der Waals surface area contributed by atoms with Gasteiger partial charge in [-0.25, -0.2) is 0 Å². The second-order valence-corrected chi connectivity index (χ2v) is 6.47. The number of methoxy groups -OCH3 is 1. The maximum Gasteiger partial charge on any atom is 0.305 e.